The maximum atomic E-state index is 12.7. The van der Waals surface area contributed by atoms with Crippen molar-refractivity contribution >= 4 is 11.6 Å². The Bertz CT molecular complexity index is 414. The SMILES string of the molecule is CC(C)(C)CC(C)(Cl)c1cccc(C(F)(F)F)c1. The smallest absolute Gasteiger partial charge is 0.166 e. The predicted molar refractivity (Wildman–Crippen MR) is 68.7 cm³/mol. The summed E-state index contributed by atoms with van der Waals surface area (Å²) in [6.45, 7) is 7.80. The monoisotopic (exact) mass is 278 g/mol. The lowest BCUT2D eigenvalue weighted by Gasteiger charge is -2.31. The van der Waals surface area contributed by atoms with Gasteiger partial charge in [-0.15, -0.1) is 11.6 Å². The highest BCUT2D eigenvalue weighted by Gasteiger charge is 2.34. The van der Waals surface area contributed by atoms with Crippen LogP contribution in [-0.4, -0.2) is 0 Å². The Kier molecular flexibility index (Phi) is 4.06. The van der Waals surface area contributed by atoms with Crippen molar-refractivity contribution in [1.82, 2.24) is 0 Å². The van der Waals surface area contributed by atoms with Gasteiger partial charge < -0.3 is 0 Å². The van der Waals surface area contributed by atoms with Crippen molar-refractivity contribution in [3.8, 4) is 0 Å². The predicted octanol–water partition coefficient (Wildman–Crippen LogP) is 5.60. The molecule has 0 N–H and O–H groups in total. The summed E-state index contributed by atoms with van der Waals surface area (Å²) in [4.78, 5) is -0.792. The summed E-state index contributed by atoms with van der Waals surface area (Å²) < 4.78 is 38.0. The van der Waals surface area contributed by atoms with E-state index >= 15 is 0 Å². The molecule has 102 valence electrons. The van der Waals surface area contributed by atoms with E-state index in [0.29, 0.717) is 12.0 Å². The molecule has 0 amide bonds. The van der Waals surface area contributed by atoms with Gasteiger partial charge >= 0.3 is 6.18 Å². The molecule has 0 aliphatic rings. The van der Waals surface area contributed by atoms with Crippen molar-refractivity contribution in [3.05, 3.63) is 35.4 Å². The molecule has 0 aromatic heterocycles. The first kappa shape index (κ1) is 15.4. The van der Waals surface area contributed by atoms with Gasteiger partial charge in [-0.3, -0.25) is 0 Å². The second-order valence-electron chi connectivity index (χ2n) is 6.01. The van der Waals surface area contributed by atoms with E-state index in [4.69, 9.17) is 11.6 Å². The number of benzene rings is 1. The van der Waals surface area contributed by atoms with E-state index in [-0.39, 0.29) is 5.41 Å². The number of rotatable bonds is 2. The van der Waals surface area contributed by atoms with Crippen LogP contribution in [0.3, 0.4) is 0 Å². The van der Waals surface area contributed by atoms with Crippen LogP contribution in [0.4, 0.5) is 13.2 Å². The lowest BCUT2D eigenvalue weighted by molar-refractivity contribution is -0.137. The molecule has 1 rings (SSSR count). The summed E-state index contributed by atoms with van der Waals surface area (Å²) >= 11 is 6.40. The maximum Gasteiger partial charge on any atom is 0.416 e. The van der Waals surface area contributed by atoms with Gasteiger partial charge in [-0.25, -0.2) is 0 Å². The Labute approximate surface area is 111 Å². The topological polar surface area (TPSA) is 0 Å². The number of alkyl halides is 4. The van der Waals surface area contributed by atoms with Crippen LogP contribution in [0, 0.1) is 5.41 Å². The van der Waals surface area contributed by atoms with E-state index in [1.54, 1.807) is 13.0 Å². The Morgan fingerprint density at radius 1 is 1.00 bits per heavy atom. The zero-order valence-corrected chi connectivity index (χ0v) is 11.8. The molecule has 0 aliphatic carbocycles. The minimum atomic E-state index is -4.33. The largest absolute Gasteiger partial charge is 0.416 e. The molecule has 18 heavy (non-hydrogen) atoms. The van der Waals surface area contributed by atoms with Gasteiger partial charge in [0.05, 0.1) is 10.4 Å². The lowest BCUT2D eigenvalue weighted by Crippen LogP contribution is -2.23. The fraction of sp³-hybridized carbons (Fsp3) is 0.571. The first-order valence-corrected chi connectivity index (χ1v) is 6.16. The number of hydrogen-bond acceptors (Lipinski definition) is 0. The van der Waals surface area contributed by atoms with Crippen molar-refractivity contribution in [2.75, 3.05) is 0 Å². The quantitative estimate of drug-likeness (QED) is 0.618. The van der Waals surface area contributed by atoms with Gasteiger partial charge in [0.2, 0.25) is 0 Å². The second kappa shape index (κ2) is 4.76. The molecule has 0 saturated heterocycles. The van der Waals surface area contributed by atoms with Gasteiger partial charge in [0.1, 0.15) is 0 Å². The van der Waals surface area contributed by atoms with E-state index in [0.717, 1.165) is 12.1 Å². The summed E-state index contributed by atoms with van der Waals surface area (Å²) in [5.74, 6) is 0. The fourth-order valence-electron chi connectivity index (χ4n) is 2.12. The van der Waals surface area contributed by atoms with E-state index in [9.17, 15) is 13.2 Å². The van der Waals surface area contributed by atoms with E-state index < -0.39 is 16.6 Å². The minimum absolute atomic E-state index is 0.0509. The molecule has 0 nitrogen and oxygen atoms in total. The van der Waals surface area contributed by atoms with Crippen LogP contribution < -0.4 is 0 Å². The van der Waals surface area contributed by atoms with Gasteiger partial charge in [-0.2, -0.15) is 13.2 Å². The molecule has 0 fully saturated rings. The molecule has 0 aliphatic heterocycles. The maximum absolute atomic E-state index is 12.7. The third-order valence-corrected chi connectivity index (χ3v) is 3.01. The number of hydrogen-bond donors (Lipinski definition) is 0. The lowest BCUT2D eigenvalue weighted by atomic mass is 9.81. The molecule has 1 aromatic carbocycles. The van der Waals surface area contributed by atoms with Crippen LogP contribution in [0.15, 0.2) is 24.3 Å². The first-order valence-electron chi connectivity index (χ1n) is 5.78. The van der Waals surface area contributed by atoms with E-state index in [1.165, 1.54) is 6.07 Å². The summed E-state index contributed by atoms with van der Waals surface area (Å²) in [6.07, 6.45) is -3.73. The van der Waals surface area contributed by atoms with Crippen molar-refractivity contribution in [2.24, 2.45) is 5.41 Å². The van der Waals surface area contributed by atoms with Crippen LogP contribution in [-0.2, 0) is 11.1 Å². The molecule has 1 unspecified atom stereocenters. The molecule has 0 saturated carbocycles. The molecule has 0 spiro atoms. The highest BCUT2D eigenvalue weighted by molar-refractivity contribution is 6.23. The molecule has 0 radical (unpaired) electrons. The molecular weight excluding hydrogens is 261 g/mol. The van der Waals surface area contributed by atoms with Gasteiger partial charge in [0.25, 0.3) is 0 Å². The standard InChI is InChI=1S/C14H18ClF3/c1-12(2,3)9-13(4,15)10-6-5-7-11(8-10)14(16,17)18/h5-8H,9H2,1-4H3. The summed E-state index contributed by atoms with van der Waals surface area (Å²) in [6, 6.07) is 5.25. The number of halogens is 4. The summed E-state index contributed by atoms with van der Waals surface area (Å²) in [5, 5.41) is 0. The van der Waals surface area contributed by atoms with Gasteiger partial charge in [-0.1, -0.05) is 32.9 Å². The summed E-state index contributed by atoms with van der Waals surface area (Å²) in [5.41, 5.74) is -0.195. The Hall–Kier alpha value is -0.700. The van der Waals surface area contributed by atoms with Crippen molar-refractivity contribution < 1.29 is 13.2 Å². The first-order chi connectivity index (χ1) is 7.92. The fourth-order valence-corrected chi connectivity index (χ4v) is 2.64. The zero-order chi connectivity index (χ0) is 14.2. The zero-order valence-electron chi connectivity index (χ0n) is 11.0. The van der Waals surface area contributed by atoms with Crippen LogP contribution in [0.5, 0.6) is 0 Å². The molecule has 1 atom stereocenters. The molecule has 0 bridgehead atoms. The van der Waals surface area contributed by atoms with Crippen LogP contribution in [0.2, 0.25) is 0 Å². The van der Waals surface area contributed by atoms with E-state index in [1.807, 2.05) is 20.8 Å². The van der Waals surface area contributed by atoms with Crippen molar-refractivity contribution in [3.63, 3.8) is 0 Å². The van der Waals surface area contributed by atoms with Gasteiger partial charge in [-0.05, 0) is 36.5 Å². The van der Waals surface area contributed by atoms with Crippen molar-refractivity contribution in [2.45, 2.75) is 45.2 Å². The van der Waals surface area contributed by atoms with Crippen LogP contribution in [0.1, 0.15) is 45.2 Å². The third-order valence-electron chi connectivity index (χ3n) is 2.65. The van der Waals surface area contributed by atoms with Crippen LogP contribution in [0.25, 0.3) is 0 Å². The minimum Gasteiger partial charge on any atom is -0.166 e. The van der Waals surface area contributed by atoms with Gasteiger partial charge in [0, 0.05) is 0 Å². The average Bonchev–Trinajstić information content (AvgIpc) is 2.13. The third kappa shape index (κ3) is 4.20. The van der Waals surface area contributed by atoms with Gasteiger partial charge in [0.15, 0.2) is 0 Å². The van der Waals surface area contributed by atoms with E-state index in [2.05, 4.69) is 0 Å². The Morgan fingerprint density at radius 2 is 1.50 bits per heavy atom. The second-order valence-corrected chi connectivity index (χ2v) is 6.85. The molecular formula is C14H18ClF3. The van der Waals surface area contributed by atoms with Crippen molar-refractivity contribution in [1.29, 1.82) is 0 Å². The highest BCUT2D eigenvalue weighted by Crippen LogP contribution is 2.41. The highest BCUT2D eigenvalue weighted by atomic mass is 35.5. The molecule has 4 heteroatoms. The normalized spacial score (nSPS) is 16.4. The Balaban J connectivity index is 3.10. The Morgan fingerprint density at radius 3 is 1.94 bits per heavy atom. The molecule has 1 aromatic rings. The van der Waals surface area contributed by atoms with Crippen LogP contribution >= 0.6 is 11.6 Å². The average molecular weight is 279 g/mol. The summed E-state index contributed by atoms with van der Waals surface area (Å²) in [7, 11) is 0. The molecule has 0 heterocycles.